The van der Waals surface area contributed by atoms with Crippen molar-refractivity contribution in [3.63, 3.8) is 0 Å². The summed E-state index contributed by atoms with van der Waals surface area (Å²) >= 11 is 0. The van der Waals surface area contributed by atoms with Crippen LogP contribution < -0.4 is 0 Å². The summed E-state index contributed by atoms with van der Waals surface area (Å²) < 4.78 is 0. The highest BCUT2D eigenvalue weighted by molar-refractivity contribution is 5.49. The zero-order valence-electron chi connectivity index (χ0n) is 23.8. The number of unbranched alkanes of at least 4 members (excludes halogenated alkanes) is 1. The van der Waals surface area contributed by atoms with E-state index in [2.05, 4.69) is 65.8 Å². The number of rotatable bonds is 7. The van der Waals surface area contributed by atoms with E-state index in [0.29, 0.717) is 23.3 Å². The fourth-order valence-electron chi connectivity index (χ4n) is 6.41. The average Bonchev–Trinajstić information content (AvgIpc) is 3.51. The van der Waals surface area contributed by atoms with Gasteiger partial charge in [-0.15, -0.1) is 0 Å². The van der Waals surface area contributed by atoms with Crippen LogP contribution >= 0.6 is 0 Å². The third kappa shape index (κ3) is 6.12. The number of aromatic hydroxyl groups is 2. The van der Waals surface area contributed by atoms with Crippen LogP contribution in [-0.4, -0.2) is 10.2 Å². The summed E-state index contributed by atoms with van der Waals surface area (Å²) in [6.45, 7) is 13.6. The molecule has 0 spiro atoms. The standard InChI is InChI=1S/C34H50O2/c1-33(2,3)27-19-25(31(35)29(21-27)23-13-7-8-14-23)17-11-12-18-26-20-28(34(4,5)6)22-30(32(26)36)24-15-9-10-16-24/h19-24,35-36H,7-18H2,1-6H3. The molecule has 2 aliphatic rings. The van der Waals surface area contributed by atoms with Crippen LogP contribution in [0.5, 0.6) is 11.5 Å². The molecule has 0 saturated heterocycles. The molecule has 4 rings (SSSR count). The Balaban J connectivity index is 1.51. The summed E-state index contributed by atoms with van der Waals surface area (Å²) in [7, 11) is 0. The molecule has 2 aromatic rings. The van der Waals surface area contributed by atoms with Gasteiger partial charge >= 0.3 is 0 Å². The van der Waals surface area contributed by atoms with E-state index in [9.17, 15) is 10.2 Å². The SMILES string of the molecule is CC(C)(C)c1cc(CCCCc2cc(C(C)(C)C)cc(C3CCCC3)c2O)c(O)c(C2CCCC2)c1. The fourth-order valence-corrected chi connectivity index (χ4v) is 6.41. The monoisotopic (exact) mass is 490 g/mol. The van der Waals surface area contributed by atoms with Gasteiger partial charge in [0.1, 0.15) is 11.5 Å². The summed E-state index contributed by atoms with van der Waals surface area (Å²) in [6.07, 6.45) is 13.7. The van der Waals surface area contributed by atoms with Crippen molar-refractivity contribution < 1.29 is 10.2 Å². The zero-order chi connectivity index (χ0) is 26.1. The number of benzene rings is 2. The van der Waals surface area contributed by atoms with Crippen molar-refractivity contribution in [1.82, 2.24) is 0 Å². The van der Waals surface area contributed by atoms with E-state index in [4.69, 9.17) is 0 Å². The van der Waals surface area contributed by atoms with Crippen LogP contribution in [0.15, 0.2) is 24.3 Å². The van der Waals surface area contributed by atoms with Gasteiger partial charge in [0.15, 0.2) is 0 Å². The second-order valence-corrected chi connectivity index (χ2v) is 13.8. The lowest BCUT2D eigenvalue weighted by molar-refractivity contribution is 0.447. The molecular formula is C34H50O2. The van der Waals surface area contributed by atoms with Crippen LogP contribution in [0.3, 0.4) is 0 Å². The molecule has 2 saturated carbocycles. The molecule has 0 aliphatic heterocycles. The molecular weight excluding hydrogens is 440 g/mol. The molecule has 36 heavy (non-hydrogen) atoms. The van der Waals surface area contributed by atoms with Gasteiger partial charge in [0.25, 0.3) is 0 Å². The van der Waals surface area contributed by atoms with Gasteiger partial charge in [-0.2, -0.15) is 0 Å². The van der Waals surface area contributed by atoms with E-state index >= 15 is 0 Å². The maximum Gasteiger partial charge on any atom is 0.122 e. The lowest BCUT2D eigenvalue weighted by atomic mass is 9.81. The molecule has 0 heterocycles. The number of aryl methyl sites for hydroxylation is 2. The second-order valence-electron chi connectivity index (χ2n) is 13.8. The van der Waals surface area contributed by atoms with Crippen molar-refractivity contribution in [2.45, 2.75) is 141 Å². The number of phenols is 2. The van der Waals surface area contributed by atoms with E-state index in [0.717, 1.165) is 36.8 Å². The number of hydrogen-bond donors (Lipinski definition) is 2. The summed E-state index contributed by atoms with van der Waals surface area (Å²) in [5.41, 5.74) is 7.44. The van der Waals surface area contributed by atoms with Gasteiger partial charge in [-0.25, -0.2) is 0 Å². The third-order valence-electron chi connectivity index (χ3n) is 8.90. The van der Waals surface area contributed by atoms with E-state index in [1.807, 2.05) is 0 Å². The molecule has 0 radical (unpaired) electrons. The van der Waals surface area contributed by atoms with E-state index < -0.39 is 0 Å². The van der Waals surface area contributed by atoms with Gasteiger partial charge in [-0.1, -0.05) is 91.5 Å². The second kappa shape index (κ2) is 10.8. The minimum atomic E-state index is 0.0750. The Bertz CT molecular complexity index is 953. The smallest absolute Gasteiger partial charge is 0.122 e. The Morgan fingerprint density at radius 3 is 1.22 bits per heavy atom. The van der Waals surface area contributed by atoms with Crippen LogP contribution in [0.25, 0.3) is 0 Å². The largest absolute Gasteiger partial charge is 0.507 e. The Morgan fingerprint density at radius 2 is 0.917 bits per heavy atom. The van der Waals surface area contributed by atoms with E-state index in [-0.39, 0.29) is 10.8 Å². The molecule has 2 heteroatoms. The van der Waals surface area contributed by atoms with Gasteiger partial charge in [0.05, 0.1) is 0 Å². The van der Waals surface area contributed by atoms with Crippen LogP contribution in [-0.2, 0) is 23.7 Å². The van der Waals surface area contributed by atoms with Crippen LogP contribution in [0.1, 0.15) is 151 Å². The van der Waals surface area contributed by atoms with Crippen molar-refractivity contribution in [2.75, 3.05) is 0 Å². The average molecular weight is 491 g/mol. The molecule has 0 unspecified atom stereocenters. The first-order chi connectivity index (χ1) is 16.9. The van der Waals surface area contributed by atoms with Crippen molar-refractivity contribution >= 4 is 0 Å². The molecule has 0 atom stereocenters. The fraction of sp³-hybridized carbons (Fsp3) is 0.647. The molecule has 2 fully saturated rings. The summed E-state index contributed by atoms with van der Waals surface area (Å²) in [4.78, 5) is 0. The lowest BCUT2D eigenvalue weighted by Gasteiger charge is -2.25. The molecule has 0 aromatic heterocycles. The molecule has 0 amide bonds. The van der Waals surface area contributed by atoms with E-state index in [1.165, 1.54) is 73.6 Å². The Hall–Kier alpha value is -1.96. The normalized spacial score (nSPS) is 17.8. The Kier molecular flexibility index (Phi) is 8.13. The van der Waals surface area contributed by atoms with Gasteiger partial charge in [0.2, 0.25) is 0 Å². The molecule has 2 aliphatic carbocycles. The molecule has 2 N–H and O–H groups in total. The summed E-state index contributed by atoms with van der Waals surface area (Å²) in [5.74, 6) is 2.13. The molecule has 0 bridgehead atoms. The highest BCUT2D eigenvalue weighted by Crippen LogP contribution is 2.44. The van der Waals surface area contributed by atoms with Crippen molar-refractivity contribution in [3.8, 4) is 11.5 Å². The van der Waals surface area contributed by atoms with Crippen molar-refractivity contribution in [1.29, 1.82) is 0 Å². The van der Waals surface area contributed by atoms with Crippen LogP contribution in [0.4, 0.5) is 0 Å². The quantitative estimate of drug-likeness (QED) is 0.379. The summed E-state index contributed by atoms with van der Waals surface area (Å²) in [5, 5.41) is 22.5. The zero-order valence-corrected chi connectivity index (χ0v) is 23.8. The highest BCUT2D eigenvalue weighted by Gasteiger charge is 2.27. The van der Waals surface area contributed by atoms with Crippen molar-refractivity contribution in [2.24, 2.45) is 0 Å². The summed E-state index contributed by atoms with van der Waals surface area (Å²) in [6, 6.07) is 9.08. The van der Waals surface area contributed by atoms with Gasteiger partial charge in [0, 0.05) is 0 Å². The minimum Gasteiger partial charge on any atom is -0.507 e. The maximum absolute atomic E-state index is 11.2. The first-order valence-electron chi connectivity index (χ1n) is 14.7. The topological polar surface area (TPSA) is 40.5 Å². The molecule has 198 valence electrons. The predicted molar refractivity (Wildman–Crippen MR) is 153 cm³/mol. The van der Waals surface area contributed by atoms with Crippen molar-refractivity contribution in [3.05, 3.63) is 57.6 Å². The van der Waals surface area contributed by atoms with Crippen LogP contribution in [0, 0.1) is 0 Å². The van der Waals surface area contributed by atoms with E-state index in [1.54, 1.807) is 0 Å². The molecule has 2 aromatic carbocycles. The Labute approximate surface area is 220 Å². The van der Waals surface area contributed by atoms with Gasteiger partial charge < -0.3 is 10.2 Å². The van der Waals surface area contributed by atoms with Crippen LogP contribution in [0.2, 0.25) is 0 Å². The van der Waals surface area contributed by atoms with Gasteiger partial charge in [-0.05, 0) is 107 Å². The first-order valence-corrected chi connectivity index (χ1v) is 14.7. The molecule has 2 nitrogen and oxygen atoms in total. The number of phenolic OH excluding ortho intramolecular Hbond substituents is 2. The lowest BCUT2D eigenvalue weighted by Crippen LogP contribution is -2.13. The minimum absolute atomic E-state index is 0.0750. The Morgan fingerprint density at radius 1 is 0.583 bits per heavy atom. The number of hydrogen-bond acceptors (Lipinski definition) is 2. The van der Waals surface area contributed by atoms with Gasteiger partial charge in [-0.3, -0.25) is 0 Å². The predicted octanol–water partition coefficient (Wildman–Crippen LogP) is 9.57. The third-order valence-corrected chi connectivity index (χ3v) is 8.90. The highest BCUT2D eigenvalue weighted by atomic mass is 16.3. The maximum atomic E-state index is 11.2. The first kappa shape index (κ1) is 27.1.